The fourth-order valence-electron chi connectivity index (χ4n) is 1.41. The van der Waals surface area contributed by atoms with E-state index in [9.17, 15) is 9.59 Å². The number of methoxy groups -OCH3 is 1. The Balaban J connectivity index is 3.00. The van der Waals surface area contributed by atoms with Gasteiger partial charge in [0.25, 0.3) is 0 Å². The summed E-state index contributed by atoms with van der Waals surface area (Å²) in [6.45, 7) is 0. The third kappa shape index (κ3) is 2.94. The van der Waals surface area contributed by atoms with E-state index in [0.717, 1.165) is 0 Å². The number of Topliss-reactive ketones (excluding diaryl/α,β-unsaturated/α-hetero) is 1. The molecule has 0 aliphatic carbocycles. The highest BCUT2D eigenvalue weighted by Gasteiger charge is 2.21. The second-order valence-electron chi connectivity index (χ2n) is 3.50. The smallest absolute Gasteiger partial charge is 0.320 e. The van der Waals surface area contributed by atoms with Gasteiger partial charge in [-0.15, -0.1) is 0 Å². The molecule has 1 rings (SSSR count). The summed E-state index contributed by atoms with van der Waals surface area (Å²) in [5.74, 6) is -1.37. The number of rotatable bonds is 5. The predicted octanol–water partition coefficient (Wildman–Crippen LogP) is 0.262. The van der Waals surface area contributed by atoms with Crippen molar-refractivity contribution in [3.8, 4) is 5.75 Å². The Morgan fingerprint density at radius 3 is 2.65 bits per heavy atom. The molecule has 1 aromatic carbocycles. The molecule has 1 unspecified atom stereocenters. The number of anilines is 1. The summed E-state index contributed by atoms with van der Waals surface area (Å²) in [5.41, 5.74) is 11.4. The molecule has 6 nitrogen and oxygen atoms in total. The van der Waals surface area contributed by atoms with Crippen molar-refractivity contribution in [2.75, 3.05) is 12.8 Å². The summed E-state index contributed by atoms with van der Waals surface area (Å²) in [4.78, 5) is 22.4. The number of carboxylic acids is 1. The van der Waals surface area contributed by atoms with Crippen LogP contribution in [0, 0.1) is 0 Å². The molecular formula is C11H14N2O4. The Morgan fingerprint density at radius 2 is 2.12 bits per heavy atom. The first-order valence-corrected chi connectivity index (χ1v) is 4.91. The molecule has 0 aliphatic rings. The van der Waals surface area contributed by atoms with Crippen molar-refractivity contribution in [1.29, 1.82) is 0 Å². The van der Waals surface area contributed by atoms with Crippen molar-refractivity contribution in [3.05, 3.63) is 23.8 Å². The molecule has 0 aromatic heterocycles. The highest BCUT2D eigenvalue weighted by molar-refractivity contribution is 6.05. The zero-order valence-electron chi connectivity index (χ0n) is 9.34. The maximum absolute atomic E-state index is 11.9. The summed E-state index contributed by atoms with van der Waals surface area (Å²) in [7, 11) is 1.41. The number of carbonyl (C=O) groups is 2. The first kappa shape index (κ1) is 13.0. The van der Waals surface area contributed by atoms with Crippen LogP contribution < -0.4 is 16.2 Å². The minimum Gasteiger partial charge on any atom is -0.496 e. The summed E-state index contributed by atoms with van der Waals surface area (Å²) < 4.78 is 5.00. The summed E-state index contributed by atoms with van der Waals surface area (Å²) in [6, 6.07) is 3.52. The number of carboxylic acid groups (broad SMARTS) is 1. The van der Waals surface area contributed by atoms with Gasteiger partial charge in [0.2, 0.25) is 0 Å². The molecule has 6 heteroatoms. The zero-order chi connectivity index (χ0) is 13.0. The van der Waals surface area contributed by atoms with Crippen LogP contribution in [0.3, 0.4) is 0 Å². The molecule has 1 atom stereocenters. The van der Waals surface area contributed by atoms with Crippen LogP contribution in [0.5, 0.6) is 5.75 Å². The number of ketones is 1. The Morgan fingerprint density at radius 1 is 1.47 bits per heavy atom. The van der Waals surface area contributed by atoms with Gasteiger partial charge in [-0.1, -0.05) is 6.07 Å². The largest absolute Gasteiger partial charge is 0.496 e. The molecule has 0 spiro atoms. The molecule has 5 N–H and O–H groups in total. The third-order valence-electron chi connectivity index (χ3n) is 2.28. The number of benzene rings is 1. The molecule has 0 amide bonds. The lowest BCUT2D eigenvalue weighted by atomic mass is 10.0. The second-order valence-corrected chi connectivity index (χ2v) is 3.50. The summed E-state index contributed by atoms with van der Waals surface area (Å²) in [5, 5.41) is 8.63. The third-order valence-corrected chi connectivity index (χ3v) is 2.28. The quantitative estimate of drug-likeness (QED) is 0.500. The topological polar surface area (TPSA) is 116 Å². The van der Waals surface area contributed by atoms with Gasteiger partial charge < -0.3 is 21.3 Å². The van der Waals surface area contributed by atoms with Crippen molar-refractivity contribution >= 4 is 17.4 Å². The average molecular weight is 238 g/mol. The van der Waals surface area contributed by atoms with E-state index in [1.165, 1.54) is 7.11 Å². The van der Waals surface area contributed by atoms with Crippen LogP contribution in [0.1, 0.15) is 16.8 Å². The second kappa shape index (κ2) is 5.31. The van der Waals surface area contributed by atoms with Crippen LogP contribution in [0.25, 0.3) is 0 Å². The van der Waals surface area contributed by atoms with E-state index in [-0.39, 0.29) is 17.7 Å². The maximum Gasteiger partial charge on any atom is 0.320 e. The normalized spacial score (nSPS) is 11.9. The van der Waals surface area contributed by atoms with Crippen LogP contribution in [0.4, 0.5) is 5.69 Å². The fraction of sp³-hybridized carbons (Fsp3) is 0.273. The molecule has 0 aliphatic heterocycles. The lowest BCUT2D eigenvalue weighted by molar-refractivity contribution is -0.138. The number of aliphatic carboxylic acids is 1. The molecule has 17 heavy (non-hydrogen) atoms. The number of nitrogen functional groups attached to an aromatic ring is 1. The van der Waals surface area contributed by atoms with Gasteiger partial charge in [0, 0.05) is 12.1 Å². The first-order valence-electron chi connectivity index (χ1n) is 4.91. The summed E-state index contributed by atoms with van der Waals surface area (Å²) in [6.07, 6.45) is -0.320. The molecule has 0 saturated heterocycles. The van der Waals surface area contributed by atoms with Crippen LogP contribution in [-0.4, -0.2) is 30.0 Å². The molecule has 0 heterocycles. The van der Waals surface area contributed by atoms with Crippen molar-refractivity contribution in [2.24, 2.45) is 5.73 Å². The van der Waals surface area contributed by atoms with E-state index in [0.29, 0.717) is 5.75 Å². The number of nitrogens with two attached hydrogens (primary N) is 2. The van der Waals surface area contributed by atoms with E-state index in [1.54, 1.807) is 18.2 Å². The van der Waals surface area contributed by atoms with Crippen LogP contribution in [-0.2, 0) is 4.79 Å². The molecule has 1 aromatic rings. The van der Waals surface area contributed by atoms with Gasteiger partial charge in [0.05, 0.1) is 12.7 Å². The number of ether oxygens (including phenoxy) is 1. The Bertz CT molecular complexity index is 445. The molecule has 92 valence electrons. The number of hydrogen-bond donors (Lipinski definition) is 3. The highest BCUT2D eigenvalue weighted by Crippen LogP contribution is 2.25. The van der Waals surface area contributed by atoms with E-state index >= 15 is 0 Å². The molecule has 0 saturated carbocycles. The van der Waals surface area contributed by atoms with Gasteiger partial charge >= 0.3 is 5.97 Å². The lowest BCUT2D eigenvalue weighted by Crippen LogP contribution is -2.32. The van der Waals surface area contributed by atoms with E-state index in [4.69, 9.17) is 21.3 Å². The van der Waals surface area contributed by atoms with Gasteiger partial charge in [0.15, 0.2) is 5.78 Å². The van der Waals surface area contributed by atoms with Gasteiger partial charge in [-0.05, 0) is 12.1 Å². The van der Waals surface area contributed by atoms with Crippen molar-refractivity contribution in [2.45, 2.75) is 12.5 Å². The number of carbonyl (C=O) groups excluding carboxylic acids is 1. The Kier molecular flexibility index (Phi) is 4.06. The first-order chi connectivity index (χ1) is 7.97. The standard InChI is InChI=1S/C11H14N2O4/c1-17-9-4-2-3-6(12)10(9)8(14)5-7(13)11(15)16/h2-4,7H,5,12-13H2,1H3,(H,15,16). The predicted molar refractivity (Wildman–Crippen MR) is 62.0 cm³/mol. The Labute approximate surface area is 98.2 Å². The number of hydrogen-bond acceptors (Lipinski definition) is 5. The van der Waals surface area contributed by atoms with E-state index in [2.05, 4.69) is 0 Å². The molecule has 0 fully saturated rings. The highest BCUT2D eigenvalue weighted by atomic mass is 16.5. The minimum atomic E-state index is -1.24. The molecule has 0 radical (unpaired) electrons. The van der Waals surface area contributed by atoms with E-state index in [1.807, 2.05) is 0 Å². The monoisotopic (exact) mass is 238 g/mol. The van der Waals surface area contributed by atoms with Crippen LogP contribution >= 0.6 is 0 Å². The lowest BCUT2D eigenvalue weighted by Gasteiger charge is -2.11. The van der Waals surface area contributed by atoms with Gasteiger partial charge in [-0.3, -0.25) is 9.59 Å². The maximum atomic E-state index is 11.9. The van der Waals surface area contributed by atoms with E-state index < -0.39 is 17.8 Å². The van der Waals surface area contributed by atoms with Gasteiger partial charge in [-0.2, -0.15) is 0 Å². The molecule has 0 bridgehead atoms. The van der Waals surface area contributed by atoms with Crippen LogP contribution in [0.15, 0.2) is 18.2 Å². The van der Waals surface area contributed by atoms with Crippen molar-refractivity contribution in [3.63, 3.8) is 0 Å². The van der Waals surface area contributed by atoms with Gasteiger partial charge in [-0.25, -0.2) is 0 Å². The Hall–Kier alpha value is -2.08. The fourth-order valence-corrected chi connectivity index (χ4v) is 1.41. The minimum absolute atomic E-state index is 0.173. The molecular weight excluding hydrogens is 224 g/mol. The van der Waals surface area contributed by atoms with Crippen molar-refractivity contribution in [1.82, 2.24) is 0 Å². The zero-order valence-corrected chi connectivity index (χ0v) is 9.34. The van der Waals surface area contributed by atoms with Crippen molar-refractivity contribution < 1.29 is 19.4 Å². The van der Waals surface area contributed by atoms with Crippen LogP contribution in [0.2, 0.25) is 0 Å². The summed E-state index contributed by atoms with van der Waals surface area (Å²) >= 11 is 0. The SMILES string of the molecule is COc1cccc(N)c1C(=O)CC(N)C(=O)O. The van der Waals surface area contributed by atoms with Gasteiger partial charge in [0.1, 0.15) is 11.8 Å². The average Bonchev–Trinajstić information content (AvgIpc) is 2.27.